The molecule has 1 saturated carbocycles. The molecule has 0 bridgehead atoms. The Bertz CT molecular complexity index is 1310. The van der Waals surface area contributed by atoms with E-state index in [1.54, 1.807) is 24.5 Å². The van der Waals surface area contributed by atoms with E-state index in [-0.39, 0.29) is 58.6 Å². The third-order valence-electron chi connectivity index (χ3n) is 6.51. The number of benzene rings is 2. The van der Waals surface area contributed by atoms with E-state index < -0.39 is 5.82 Å². The van der Waals surface area contributed by atoms with E-state index in [1.165, 1.54) is 30.0 Å². The van der Waals surface area contributed by atoms with Gasteiger partial charge in [-0.1, -0.05) is 6.07 Å². The van der Waals surface area contributed by atoms with E-state index in [0.29, 0.717) is 36.3 Å². The number of phenols is 1. The highest BCUT2D eigenvalue weighted by Crippen LogP contribution is 2.32. The summed E-state index contributed by atoms with van der Waals surface area (Å²) < 4.78 is 33.5. The molecule has 1 aromatic heterocycles. The predicted octanol–water partition coefficient (Wildman–Crippen LogP) is 6.45. The molecule has 1 aliphatic rings. The van der Waals surface area contributed by atoms with Crippen LogP contribution >= 0.6 is 11.8 Å². The van der Waals surface area contributed by atoms with E-state index >= 15 is 0 Å². The van der Waals surface area contributed by atoms with Crippen LogP contribution in [0.2, 0.25) is 0 Å². The molecule has 0 radical (unpaired) electrons. The molecule has 2 N–H and O–H groups in total. The highest BCUT2D eigenvalue weighted by atomic mass is 32.2. The minimum atomic E-state index is -0.648. The Labute approximate surface area is 218 Å². The Kier molecular flexibility index (Phi) is 8.43. The van der Waals surface area contributed by atoms with Gasteiger partial charge >= 0.3 is 0 Å². The lowest BCUT2D eigenvalue weighted by atomic mass is 9.82. The van der Waals surface area contributed by atoms with Gasteiger partial charge in [0, 0.05) is 17.4 Å². The number of amides is 1. The number of thioether (sulfide) groups is 1. The molecular weight excluding hydrogens is 498 g/mol. The second kappa shape index (κ2) is 11.7. The lowest BCUT2D eigenvalue weighted by molar-refractivity contribution is 0.0893. The van der Waals surface area contributed by atoms with E-state index in [2.05, 4.69) is 10.3 Å². The maximum Gasteiger partial charge on any atom is 0.255 e. The van der Waals surface area contributed by atoms with Crippen LogP contribution in [0.5, 0.6) is 17.4 Å². The molecule has 3 aromatic rings. The fourth-order valence-corrected chi connectivity index (χ4v) is 5.00. The third kappa shape index (κ3) is 6.65. The number of phenolic OH excluding ortho intramolecular Hbond substituents is 1. The zero-order chi connectivity index (χ0) is 26.5. The van der Waals surface area contributed by atoms with Crippen LogP contribution in [-0.2, 0) is 0 Å². The van der Waals surface area contributed by atoms with E-state index in [1.807, 2.05) is 6.92 Å². The highest BCUT2D eigenvalue weighted by Gasteiger charge is 2.27. The summed E-state index contributed by atoms with van der Waals surface area (Å²) in [5.41, 5.74) is 1.14. The number of aromatic hydroxyl groups is 1. The number of aromatic nitrogens is 1. The standard InChI is InChI=1S/C28H28F2N2O4S/c1-16-3-9-21(24(33)11-16)27(35)32-19-6-4-17(5-7-19)12-25(34)22-13-18(29)15-31-28(22)36-20-8-10-23(30)26(14-20)37-2/h3,8-11,13-15,17,19,33H,4-7,12H2,1-2H3,(H,32,35). The molecule has 0 atom stereocenters. The van der Waals surface area contributed by atoms with E-state index in [0.717, 1.165) is 17.8 Å². The van der Waals surface area contributed by atoms with Gasteiger partial charge in [0.05, 0.1) is 17.3 Å². The monoisotopic (exact) mass is 526 g/mol. The lowest BCUT2D eigenvalue weighted by Crippen LogP contribution is -2.37. The van der Waals surface area contributed by atoms with Crippen LogP contribution in [0.1, 0.15) is 58.4 Å². The molecule has 0 aliphatic heterocycles. The zero-order valence-corrected chi connectivity index (χ0v) is 21.4. The number of halogens is 2. The summed E-state index contributed by atoms with van der Waals surface area (Å²) in [6.07, 6.45) is 5.71. The molecule has 1 heterocycles. The third-order valence-corrected chi connectivity index (χ3v) is 7.26. The lowest BCUT2D eigenvalue weighted by Gasteiger charge is -2.29. The van der Waals surface area contributed by atoms with Crippen LogP contribution < -0.4 is 10.1 Å². The van der Waals surface area contributed by atoms with Crippen molar-refractivity contribution < 1.29 is 28.2 Å². The maximum atomic E-state index is 14.0. The zero-order valence-electron chi connectivity index (χ0n) is 20.6. The van der Waals surface area contributed by atoms with Gasteiger partial charge in [0.1, 0.15) is 23.1 Å². The molecule has 6 nitrogen and oxygen atoms in total. The number of ether oxygens (including phenoxy) is 1. The maximum absolute atomic E-state index is 14.0. The van der Waals surface area contributed by atoms with E-state index in [4.69, 9.17) is 4.74 Å². The summed E-state index contributed by atoms with van der Waals surface area (Å²) in [4.78, 5) is 30.0. The molecule has 0 spiro atoms. The number of pyridine rings is 1. The summed E-state index contributed by atoms with van der Waals surface area (Å²) in [6, 6.07) is 10.2. The van der Waals surface area contributed by atoms with Gasteiger partial charge in [-0.2, -0.15) is 0 Å². The number of carbonyl (C=O) groups is 2. The summed E-state index contributed by atoms with van der Waals surface area (Å²) in [5.74, 6) is -1.35. The summed E-state index contributed by atoms with van der Waals surface area (Å²) in [6.45, 7) is 1.84. The Hall–Kier alpha value is -3.46. The van der Waals surface area contributed by atoms with Crippen molar-refractivity contribution in [3.8, 4) is 17.4 Å². The van der Waals surface area contributed by atoms with Crippen molar-refractivity contribution in [1.29, 1.82) is 0 Å². The molecule has 1 aliphatic carbocycles. The van der Waals surface area contributed by atoms with Crippen LogP contribution in [0.15, 0.2) is 53.6 Å². The average Bonchev–Trinajstić information content (AvgIpc) is 2.87. The fraction of sp³-hybridized carbons (Fsp3) is 0.321. The highest BCUT2D eigenvalue weighted by molar-refractivity contribution is 7.98. The number of hydrogen-bond acceptors (Lipinski definition) is 6. The molecule has 0 saturated heterocycles. The fourth-order valence-electron chi connectivity index (χ4n) is 4.50. The Morgan fingerprint density at radius 1 is 1.08 bits per heavy atom. The van der Waals surface area contributed by atoms with Crippen LogP contribution in [-0.4, -0.2) is 34.1 Å². The van der Waals surface area contributed by atoms with Gasteiger partial charge in [-0.15, -0.1) is 11.8 Å². The number of ketones is 1. The number of hydrogen-bond donors (Lipinski definition) is 2. The SMILES string of the molecule is CSc1cc(Oc2ncc(F)cc2C(=O)CC2CCC(NC(=O)c3ccc(C)cc3O)CC2)ccc1F. The van der Waals surface area contributed by atoms with Crippen molar-refractivity contribution in [2.24, 2.45) is 5.92 Å². The number of rotatable bonds is 8. The number of Topliss-reactive ketones (excluding diaryl/α,β-unsaturated/α-hetero) is 1. The van der Waals surface area contributed by atoms with Crippen LogP contribution in [0.4, 0.5) is 8.78 Å². The van der Waals surface area contributed by atoms with Gasteiger partial charge in [0.15, 0.2) is 5.78 Å². The smallest absolute Gasteiger partial charge is 0.255 e. The molecule has 0 unspecified atom stereocenters. The normalized spacial score (nSPS) is 17.3. The van der Waals surface area contributed by atoms with Crippen molar-refractivity contribution in [3.63, 3.8) is 0 Å². The van der Waals surface area contributed by atoms with Gasteiger partial charge in [-0.3, -0.25) is 9.59 Å². The Morgan fingerprint density at radius 3 is 2.54 bits per heavy atom. The van der Waals surface area contributed by atoms with Gasteiger partial charge in [0.25, 0.3) is 5.91 Å². The minimum absolute atomic E-state index is 0.0242. The first-order chi connectivity index (χ1) is 17.7. The van der Waals surface area contributed by atoms with Gasteiger partial charge in [-0.05, 0) is 86.7 Å². The second-order valence-electron chi connectivity index (χ2n) is 9.24. The van der Waals surface area contributed by atoms with Gasteiger partial charge < -0.3 is 15.2 Å². The first-order valence-corrected chi connectivity index (χ1v) is 13.3. The number of nitrogens with zero attached hydrogens (tertiary/aromatic N) is 1. The van der Waals surface area contributed by atoms with Gasteiger partial charge in [0.2, 0.25) is 5.88 Å². The number of nitrogens with one attached hydrogen (secondary N) is 1. The second-order valence-corrected chi connectivity index (χ2v) is 10.1. The molecule has 9 heteroatoms. The summed E-state index contributed by atoms with van der Waals surface area (Å²) >= 11 is 1.22. The Balaban J connectivity index is 1.36. The van der Waals surface area contributed by atoms with Crippen molar-refractivity contribution in [3.05, 3.63) is 77.0 Å². The largest absolute Gasteiger partial charge is 0.507 e. The predicted molar refractivity (Wildman–Crippen MR) is 137 cm³/mol. The van der Waals surface area contributed by atoms with Crippen molar-refractivity contribution in [1.82, 2.24) is 10.3 Å². The first-order valence-electron chi connectivity index (χ1n) is 12.0. The molecule has 37 heavy (non-hydrogen) atoms. The average molecular weight is 527 g/mol. The van der Waals surface area contributed by atoms with Crippen molar-refractivity contribution in [2.45, 2.75) is 50.0 Å². The quantitative estimate of drug-likeness (QED) is 0.259. The topological polar surface area (TPSA) is 88.5 Å². The molecule has 4 rings (SSSR count). The van der Waals surface area contributed by atoms with Crippen molar-refractivity contribution >= 4 is 23.5 Å². The molecular formula is C28H28F2N2O4S. The van der Waals surface area contributed by atoms with E-state index in [9.17, 15) is 23.5 Å². The molecule has 1 amide bonds. The van der Waals surface area contributed by atoms with Gasteiger partial charge in [-0.25, -0.2) is 13.8 Å². The number of aryl methyl sites for hydroxylation is 1. The molecule has 2 aromatic carbocycles. The minimum Gasteiger partial charge on any atom is -0.507 e. The number of carbonyl (C=O) groups excluding carboxylic acids is 2. The Morgan fingerprint density at radius 2 is 1.84 bits per heavy atom. The first kappa shape index (κ1) is 26.6. The molecule has 1 fully saturated rings. The summed E-state index contributed by atoms with van der Waals surface area (Å²) in [5, 5.41) is 13.0. The van der Waals surface area contributed by atoms with Crippen molar-refractivity contribution in [2.75, 3.05) is 6.26 Å². The molecule has 194 valence electrons. The van der Waals surface area contributed by atoms with Crippen LogP contribution in [0.3, 0.4) is 0 Å². The summed E-state index contributed by atoms with van der Waals surface area (Å²) in [7, 11) is 0. The van der Waals surface area contributed by atoms with Crippen LogP contribution in [0, 0.1) is 24.5 Å². The van der Waals surface area contributed by atoms with Crippen LogP contribution in [0.25, 0.3) is 0 Å².